The van der Waals surface area contributed by atoms with E-state index in [0.717, 1.165) is 35.4 Å². The van der Waals surface area contributed by atoms with Crippen LogP contribution in [0.5, 0.6) is 0 Å². The number of nitrogen functional groups attached to an aromatic ring is 1. The van der Waals surface area contributed by atoms with Gasteiger partial charge < -0.3 is 10.8 Å². The molecule has 3 aliphatic rings. The lowest BCUT2D eigenvalue weighted by Crippen LogP contribution is -2.40. The maximum absolute atomic E-state index is 10.4. The molecule has 0 amide bonds. The first kappa shape index (κ1) is 25.5. The minimum Gasteiger partial charge on any atom is -0.386 e. The molecular formula is C32H37ClN4O. The van der Waals surface area contributed by atoms with Gasteiger partial charge in [0.05, 0.1) is 11.3 Å². The predicted molar refractivity (Wildman–Crippen MR) is 155 cm³/mol. The first-order chi connectivity index (χ1) is 18.2. The molecule has 5 nitrogen and oxygen atoms in total. The van der Waals surface area contributed by atoms with Crippen molar-refractivity contribution in [3.05, 3.63) is 81.5 Å². The number of nitrogens with zero attached hydrogens (tertiary/aromatic N) is 2. The predicted octanol–water partition coefficient (Wildman–Crippen LogP) is 6.22. The van der Waals surface area contributed by atoms with Crippen molar-refractivity contribution in [2.45, 2.75) is 64.0 Å². The van der Waals surface area contributed by atoms with E-state index in [4.69, 9.17) is 22.7 Å². The SMILES string of the molecule is CC(C)(O)c1ccc(C(=N)c2cc(-c3ccc4c(c3)CC3CCC(C4)C3N3CCCC3)cnc2N)cc1Cl. The van der Waals surface area contributed by atoms with Crippen molar-refractivity contribution in [3.8, 4) is 11.1 Å². The third kappa shape index (κ3) is 4.66. The maximum Gasteiger partial charge on any atom is 0.132 e. The van der Waals surface area contributed by atoms with Crippen LogP contribution in [0.15, 0.2) is 48.7 Å². The van der Waals surface area contributed by atoms with Gasteiger partial charge in [0.2, 0.25) is 0 Å². The summed E-state index contributed by atoms with van der Waals surface area (Å²) in [7, 11) is 0. The molecule has 3 unspecified atom stereocenters. The molecule has 2 aliphatic carbocycles. The first-order valence-corrected chi connectivity index (χ1v) is 14.3. The molecular weight excluding hydrogens is 492 g/mol. The monoisotopic (exact) mass is 528 g/mol. The first-order valence-electron chi connectivity index (χ1n) is 13.9. The van der Waals surface area contributed by atoms with E-state index in [0.29, 0.717) is 27.5 Å². The van der Waals surface area contributed by atoms with Crippen LogP contribution in [0.3, 0.4) is 0 Å². The van der Waals surface area contributed by atoms with Crippen molar-refractivity contribution in [1.29, 1.82) is 5.41 Å². The fourth-order valence-corrected chi connectivity index (χ4v) is 7.56. The summed E-state index contributed by atoms with van der Waals surface area (Å²) in [6.45, 7) is 5.94. The number of nitrogens with one attached hydrogen (secondary N) is 1. The Balaban J connectivity index is 1.29. The molecule has 1 aliphatic heterocycles. The molecule has 1 saturated carbocycles. The zero-order valence-corrected chi connectivity index (χ0v) is 23.1. The fraction of sp³-hybridized carbons (Fsp3) is 0.438. The number of likely N-dealkylation sites (tertiary alicyclic amines) is 1. The third-order valence-electron chi connectivity index (χ3n) is 9.05. The van der Waals surface area contributed by atoms with E-state index in [1.54, 1.807) is 26.0 Å². The summed E-state index contributed by atoms with van der Waals surface area (Å²) >= 11 is 6.47. The second kappa shape index (κ2) is 9.78. The molecule has 2 aromatic carbocycles. The Morgan fingerprint density at radius 3 is 2.39 bits per heavy atom. The lowest BCUT2D eigenvalue weighted by molar-refractivity contribution is 0.0787. The molecule has 4 N–H and O–H groups in total. The highest BCUT2D eigenvalue weighted by Crippen LogP contribution is 2.44. The standard InChI is InChI=1S/C32H37ClN4O/c1-32(2,38)27-10-9-21(17-28(27)33)29(34)26-16-25(18-36-31(26)35)20-6-5-19-13-22-7-8-23(15-24(19)14-20)30(22)37-11-3-4-12-37/h5-6,9-10,14,16-18,22-23,30,34,38H,3-4,7-8,11-13,15H2,1-2H3,(H2,35,36). The summed E-state index contributed by atoms with van der Waals surface area (Å²) in [6, 6.07) is 14.9. The number of halogens is 1. The van der Waals surface area contributed by atoms with Crippen LogP contribution in [0.2, 0.25) is 5.02 Å². The van der Waals surface area contributed by atoms with Crippen LogP contribution in [-0.2, 0) is 18.4 Å². The lowest BCUT2D eigenvalue weighted by Gasteiger charge is -2.32. The average Bonchev–Trinajstić information content (AvgIpc) is 3.50. The van der Waals surface area contributed by atoms with Gasteiger partial charge in [0.1, 0.15) is 5.82 Å². The number of rotatable bonds is 5. The van der Waals surface area contributed by atoms with Gasteiger partial charge in [-0.3, -0.25) is 10.3 Å². The molecule has 0 spiro atoms. The molecule has 1 saturated heterocycles. The molecule has 198 valence electrons. The Kier molecular flexibility index (Phi) is 6.58. The molecule has 2 bridgehead atoms. The molecule has 2 fully saturated rings. The Morgan fingerprint density at radius 1 is 1.00 bits per heavy atom. The van der Waals surface area contributed by atoms with Crippen molar-refractivity contribution >= 4 is 23.1 Å². The molecule has 38 heavy (non-hydrogen) atoms. The molecule has 6 heteroatoms. The highest BCUT2D eigenvalue weighted by Gasteiger charge is 2.42. The topological polar surface area (TPSA) is 86.2 Å². The van der Waals surface area contributed by atoms with E-state index in [9.17, 15) is 5.11 Å². The Labute approximate surface area is 230 Å². The number of aromatic nitrogens is 1. The van der Waals surface area contributed by atoms with Gasteiger partial charge in [-0.05, 0) is 106 Å². The van der Waals surface area contributed by atoms with Gasteiger partial charge in [-0.2, -0.15) is 0 Å². The van der Waals surface area contributed by atoms with Crippen LogP contribution in [0.4, 0.5) is 5.82 Å². The third-order valence-corrected chi connectivity index (χ3v) is 9.36. The van der Waals surface area contributed by atoms with Gasteiger partial charge in [-0.25, -0.2) is 4.98 Å². The van der Waals surface area contributed by atoms with Crippen molar-refractivity contribution in [2.24, 2.45) is 11.8 Å². The quantitative estimate of drug-likeness (QED) is 0.343. The van der Waals surface area contributed by atoms with Crippen LogP contribution in [0, 0.1) is 17.2 Å². The van der Waals surface area contributed by atoms with Crippen molar-refractivity contribution in [1.82, 2.24) is 9.88 Å². The molecule has 3 atom stereocenters. The summed E-state index contributed by atoms with van der Waals surface area (Å²) in [4.78, 5) is 7.26. The zero-order valence-electron chi connectivity index (χ0n) is 22.3. The van der Waals surface area contributed by atoms with Gasteiger partial charge in [0.25, 0.3) is 0 Å². The second-order valence-electron chi connectivity index (χ2n) is 12.0. The number of benzene rings is 2. The van der Waals surface area contributed by atoms with Crippen LogP contribution in [0.25, 0.3) is 11.1 Å². The number of anilines is 1. The smallest absolute Gasteiger partial charge is 0.132 e. The number of hydrogen-bond donors (Lipinski definition) is 3. The number of hydrogen-bond acceptors (Lipinski definition) is 5. The second-order valence-corrected chi connectivity index (χ2v) is 12.4. The van der Waals surface area contributed by atoms with Crippen LogP contribution < -0.4 is 5.73 Å². The minimum absolute atomic E-state index is 0.265. The van der Waals surface area contributed by atoms with Gasteiger partial charge >= 0.3 is 0 Å². The van der Waals surface area contributed by atoms with E-state index in [1.165, 1.54) is 56.3 Å². The molecule has 3 aromatic rings. The normalized spacial score (nSPS) is 23.3. The minimum atomic E-state index is -1.06. The largest absolute Gasteiger partial charge is 0.386 e. The molecule has 1 aromatic heterocycles. The average molecular weight is 529 g/mol. The summed E-state index contributed by atoms with van der Waals surface area (Å²) in [6.07, 6.45) is 9.56. The van der Waals surface area contributed by atoms with E-state index < -0.39 is 5.60 Å². The van der Waals surface area contributed by atoms with Gasteiger partial charge in [-0.15, -0.1) is 0 Å². The highest BCUT2D eigenvalue weighted by molar-refractivity contribution is 6.32. The van der Waals surface area contributed by atoms with Crippen LogP contribution in [-0.4, -0.2) is 39.8 Å². The maximum atomic E-state index is 10.4. The van der Waals surface area contributed by atoms with Crippen LogP contribution in [0.1, 0.15) is 67.3 Å². The number of aliphatic hydroxyl groups is 1. The fourth-order valence-electron chi connectivity index (χ4n) is 7.15. The van der Waals surface area contributed by atoms with E-state index in [-0.39, 0.29) is 5.71 Å². The van der Waals surface area contributed by atoms with Gasteiger partial charge in [-0.1, -0.05) is 41.9 Å². The van der Waals surface area contributed by atoms with E-state index >= 15 is 0 Å². The number of fused-ring (bicyclic) bond motifs is 3. The summed E-state index contributed by atoms with van der Waals surface area (Å²) < 4.78 is 0. The summed E-state index contributed by atoms with van der Waals surface area (Å²) in [5, 5.41) is 19.7. The number of nitrogens with two attached hydrogens (primary N) is 1. The van der Waals surface area contributed by atoms with E-state index in [2.05, 4.69) is 28.1 Å². The van der Waals surface area contributed by atoms with Crippen LogP contribution >= 0.6 is 11.6 Å². The summed E-state index contributed by atoms with van der Waals surface area (Å²) in [5.41, 5.74) is 12.4. The number of pyridine rings is 1. The summed E-state index contributed by atoms with van der Waals surface area (Å²) in [5.74, 6) is 1.85. The van der Waals surface area contributed by atoms with Crippen molar-refractivity contribution < 1.29 is 5.11 Å². The zero-order chi connectivity index (χ0) is 26.6. The van der Waals surface area contributed by atoms with Crippen molar-refractivity contribution in [3.63, 3.8) is 0 Å². The van der Waals surface area contributed by atoms with Crippen molar-refractivity contribution in [2.75, 3.05) is 18.8 Å². The molecule has 2 heterocycles. The Morgan fingerprint density at radius 2 is 1.71 bits per heavy atom. The van der Waals surface area contributed by atoms with E-state index in [1.807, 2.05) is 18.3 Å². The molecule has 6 rings (SSSR count). The van der Waals surface area contributed by atoms with Gasteiger partial charge in [0.15, 0.2) is 0 Å². The Hall–Kier alpha value is -2.73. The van der Waals surface area contributed by atoms with Gasteiger partial charge in [0, 0.05) is 39.5 Å². The lowest BCUT2D eigenvalue weighted by atomic mass is 9.90. The molecule has 0 radical (unpaired) electrons. The Bertz CT molecular complexity index is 1390. The highest BCUT2D eigenvalue weighted by atomic mass is 35.5.